The Morgan fingerprint density at radius 3 is 2.44 bits per heavy atom. The van der Waals surface area contributed by atoms with Gasteiger partial charge in [0.25, 0.3) is 5.88 Å². The van der Waals surface area contributed by atoms with E-state index in [0.29, 0.717) is 60.6 Å². The van der Waals surface area contributed by atoms with E-state index in [9.17, 15) is 4.79 Å². The first-order chi connectivity index (χ1) is 15.7. The van der Waals surface area contributed by atoms with Crippen LogP contribution in [0.5, 0.6) is 23.1 Å². The minimum Gasteiger partial charge on any atom is -0.497 e. The monoisotopic (exact) mass is 434 g/mol. The molecule has 166 valence electrons. The Bertz CT molecular complexity index is 1050. The number of benzene rings is 2. The second kappa shape index (κ2) is 10.00. The summed E-state index contributed by atoms with van der Waals surface area (Å²) in [6.45, 7) is 1.36. The minimum absolute atomic E-state index is 0.0204. The van der Waals surface area contributed by atoms with E-state index in [-0.39, 0.29) is 11.8 Å². The highest BCUT2D eigenvalue weighted by Gasteiger charge is 2.28. The van der Waals surface area contributed by atoms with Gasteiger partial charge in [-0.25, -0.2) is 9.97 Å². The molecule has 2 heterocycles. The van der Waals surface area contributed by atoms with Crippen molar-refractivity contribution in [3.05, 3.63) is 60.9 Å². The number of nitrogens with one attached hydrogen (secondary N) is 1. The maximum atomic E-state index is 12.9. The van der Waals surface area contributed by atoms with Gasteiger partial charge in [-0.2, -0.15) is 0 Å². The van der Waals surface area contributed by atoms with Crippen molar-refractivity contribution in [3.63, 3.8) is 0 Å². The fourth-order valence-corrected chi connectivity index (χ4v) is 3.70. The van der Waals surface area contributed by atoms with Gasteiger partial charge in [-0.3, -0.25) is 4.79 Å². The van der Waals surface area contributed by atoms with Gasteiger partial charge in [-0.15, -0.1) is 0 Å². The number of methoxy groups -OCH3 is 2. The molecule has 0 saturated carbocycles. The number of piperidine rings is 1. The van der Waals surface area contributed by atoms with Crippen molar-refractivity contribution < 1.29 is 19.0 Å². The van der Waals surface area contributed by atoms with E-state index in [1.54, 1.807) is 44.8 Å². The number of rotatable bonds is 7. The van der Waals surface area contributed by atoms with Gasteiger partial charge < -0.3 is 24.4 Å². The third-order valence-corrected chi connectivity index (χ3v) is 5.44. The maximum Gasteiger partial charge on any atom is 0.263 e. The van der Waals surface area contributed by atoms with E-state index in [0.717, 1.165) is 0 Å². The van der Waals surface area contributed by atoms with Crippen molar-refractivity contribution in [2.75, 3.05) is 37.5 Å². The third kappa shape index (κ3) is 4.91. The Morgan fingerprint density at radius 2 is 1.72 bits per heavy atom. The Hall–Kier alpha value is -3.81. The van der Waals surface area contributed by atoms with Crippen molar-refractivity contribution in [3.8, 4) is 23.1 Å². The van der Waals surface area contributed by atoms with Crippen LogP contribution in [0.2, 0.25) is 0 Å². The molecular formula is C24H26N4O4. The number of carbonyl (C=O) groups excluding carboxylic acids is 1. The lowest BCUT2D eigenvalue weighted by Crippen LogP contribution is -2.38. The van der Waals surface area contributed by atoms with Crippen LogP contribution in [0.4, 0.5) is 11.5 Å². The molecule has 4 rings (SSSR count). The molecule has 1 amide bonds. The first kappa shape index (κ1) is 21.4. The SMILES string of the molecule is COc1ccc(NC(=O)C2CCN(c3nccnc3Oc3ccccc3)CC2)c(OC)c1. The number of nitrogens with zero attached hydrogens (tertiary/aromatic N) is 3. The number of hydrogen-bond donors (Lipinski definition) is 1. The Morgan fingerprint density at radius 1 is 0.969 bits per heavy atom. The number of hydrogen-bond acceptors (Lipinski definition) is 7. The van der Waals surface area contributed by atoms with Crippen LogP contribution < -0.4 is 24.4 Å². The molecule has 3 aromatic rings. The summed E-state index contributed by atoms with van der Waals surface area (Å²) in [5.74, 6) is 2.97. The topological polar surface area (TPSA) is 85.8 Å². The Kier molecular flexibility index (Phi) is 6.69. The third-order valence-electron chi connectivity index (χ3n) is 5.44. The molecule has 2 aromatic carbocycles. The molecule has 1 aliphatic heterocycles. The van der Waals surface area contributed by atoms with Crippen LogP contribution in [-0.2, 0) is 4.79 Å². The van der Waals surface area contributed by atoms with Crippen LogP contribution in [0.3, 0.4) is 0 Å². The molecule has 0 spiro atoms. The normalized spacial score (nSPS) is 14.0. The van der Waals surface area contributed by atoms with E-state index < -0.39 is 0 Å². The second-order valence-corrected chi connectivity index (χ2v) is 7.42. The molecule has 32 heavy (non-hydrogen) atoms. The molecule has 0 atom stereocenters. The second-order valence-electron chi connectivity index (χ2n) is 7.42. The molecule has 0 unspecified atom stereocenters. The minimum atomic E-state index is -0.103. The summed E-state index contributed by atoms with van der Waals surface area (Å²) in [6.07, 6.45) is 4.67. The lowest BCUT2D eigenvalue weighted by atomic mass is 9.95. The summed E-state index contributed by atoms with van der Waals surface area (Å²) in [5, 5.41) is 2.99. The van der Waals surface area contributed by atoms with Gasteiger partial charge in [0.05, 0.1) is 19.9 Å². The average Bonchev–Trinajstić information content (AvgIpc) is 2.85. The highest BCUT2D eigenvalue weighted by molar-refractivity contribution is 5.94. The van der Waals surface area contributed by atoms with Gasteiger partial charge in [0.15, 0.2) is 5.82 Å². The van der Waals surface area contributed by atoms with Crippen LogP contribution in [0.15, 0.2) is 60.9 Å². The van der Waals surface area contributed by atoms with Gasteiger partial charge in [0, 0.05) is 37.5 Å². The average molecular weight is 434 g/mol. The molecular weight excluding hydrogens is 408 g/mol. The number of carbonyl (C=O) groups is 1. The van der Waals surface area contributed by atoms with Gasteiger partial charge in [-0.1, -0.05) is 18.2 Å². The van der Waals surface area contributed by atoms with Crippen LogP contribution in [0, 0.1) is 5.92 Å². The summed E-state index contributed by atoms with van der Waals surface area (Å²) < 4.78 is 16.5. The number of para-hydroxylation sites is 1. The van der Waals surface area contributed by atoms with Gasteiger partial charge in [0.2, 0.25) is 5.91 Å². The van der Waals surface area contributed by atoms with Crippen LogP contribution >= 0.6 is 0 Å². The molecule has 1 saturated heterocycles. The van der Waals surface area contributed by atoms with Crippen LogP contribution in [0.1, 0.15) is 12.8 Å². The fraction of sp³-hybridized carbons (Fsp3) is 0.292. The summed E-state index contributed by atoms with van der Waals surface area (Å²) >= 11 is 0. The lowest BCUT2D eigenvalue weighted by molar-refractivity contribution is -0.120. The lowest BCUT2D eigenvalue weighted by Gasteiger charge is -2.32. The van der Waals surface area contributed by atoms with Crippen molar-refractivity contribution in [1.29, 1.82) is 0 Å². The molecule has 0 radical (unpaired) electrons. The van der Waals surface area contributed by atoms with Crippen LogP contribution in [0.25, 0.3) is 0 Å². The van der Waals surface area contributed by atoms with Crippen molar-refractivity contribution in [2.24, 2.45) is 5.92 Å². The predicted octanol–water partition coefficient (Wildman–Crippen LogP) is 4.14. The quantitative estimate of drug-likeness (QED) is 0.598. The van der Waals surface area contributed by atoms with E-state index in [2.05, 4.69) is 20.2 Å². The fourth-order valence-electron chi connectivity index (χ4n) is 3.70. The number of amides is 1. The molecule has 1 aromatic heterocycles. The molecule has 8 nitrogen and oxygen atoms in total. The van der Waals surface area contributed by atoms with Crippen LogP contribution in [-0.4, -0.2) is 43.2 Å². The summed E-state index contributed by atoms with van der Waals surface area (Å²) in [7, 11) is 3.16. The highest BCUT2D eigenvalue weighted by atomic mass is 16.5. The van der Waals surface area contributed by atoms with Crippen molar-refractivity contribution in [2.45, 2.75) is 12.8 Å². The molecule has 0 aliphatic carbocycles. The molecule has 1 fully saturated rings. The highest BCUT2D eigenvalue weighted by Crippen LogP contribution is 2.33. The Labute approximate surface area is 187 Å². The maximum absolute atomic E-state index is 12.9. The summed E-state index contributed by atoms with van der Waals surface area (Å²) in [6, 6.07) is 14.8. The first-order valence-corrected chi connectivity index (χ1v) is 10.5. The molecule has 1 N–H and O–H groups in total. The van der Waals surface area contributed by atoms with E-state index >= 15 is 0 Å². The first-order valence-electron chi connectivity index (χ1n) is 10.5. The summed E-state index contributed by atoms with van der Waals surface area (Å²) in [5.41, 5.74) is 0.633. The van der Waals surface area contributed by atoms with Crippen molar-refractivity contribution in [1.82, 2.24) is 9.97 Å². The zero-order valence-electron chi connectivity index (χ0n) is 18.2. The zero-order chi connectivity index (χ0) is 22.3. The number of ether oxygens (including phenoxy) is 3. The largest absolute Gasteiger partial charge is 0.497 e. The Balaban J connectivity index is 1.39. The van der Waals surface area contributed by atoms with Crippen molar-refractivity contribution >= 4 is 17.4 Å². The number of anilines is 2. The van der Waals surface area contributed by atoms with Gasteiger partial charge >= 0.3 is 0 Å². The smallest absolute Gasteiger partial charge is 0.263 e. The van der Waals surface area contributed by atoms with Gasteiger partial charge in [0.1, 0.15) is 17.2 Å². The molecule has 8 heteroatoms. The number of aromatic nitrogens is 2. The molecule has 0 bridgehead atoms. The zero-order valence-corrected chi connectivity index (χ0v) is 18.2. The van der Waals surface area contributed by atoms with E-state index in [1.165, 1.54) is 0 Å². The van der Waals surface area contributed by atoms with E-state index in [1.807, 2.05) is 30.3 Å². The molecule has 1 aliphatic rings. The summed E-state index contributed by atoms with van der Waals surface area (Å²) in [4.78, 5) is 23.8. The predicted molar refractivity (Wildman–Crippen MR) is 122 cm³/mol. The van der Waals surface area contributed by atoms with Gasteiger partial charge in [-0.05, 0) is 37.1 Å². The standard InChI is InChI=1S/C24H26N4O4/c1-30-19-8-9-20(21(16-19)31-2)27-23(29)17-10-14-28(15-11-17)22-24(26-13-12-25-22)32-18-6-4-3-5-7-18/h3-9,12-13,16-17H,10-11,14-15H2,1-2H3,(H,27,29). The van der Waals surface area contributed by atoms with E-state index in [4.69, 9.17) is 14.2 Å².